The van der Waals surface area contributed by atoms with Crippen LogP contribution >= 0.6 is 15.9 Å². The third-order valence-electron chi connectivity index (χ3n) is 6.92. The number of halogens is 1. The molecule has 2 heterocycles. The Kier molecular flexibility index (Phi) is 5.69. The van der Waals surface area contributed by atoms with Crippen LogP contribution in [0.3, 0.4) is 0 Å². The van der Waals surface area contributed by atoms with Gasteiger partial charge in [-0.15, -0.1) is 0 Å². The first-order valence-electron chi connectivity index (χ1n) is 12.1. The number of fused-ring (bicyclic) bond motifs is 6. The number of ether oxygens (including phenoxy) is 2. The van der Waals surface area contributed by atoms with Crippen LogP contribution in [0.1, 0.15) is 34.0 Å². The summed E-state index contributed by atoms with van der Waals surface area (Å²) >= 11 is 3.60. The van der Waals surface area contributed by atoms with E-state index in [9.17, 15) is 4.79 Å². The van der Waals surface area contributed by atoms with E-state index in [0.29, 0.717) is 17.1 Å². The maximum Gasteiger partial charge on any atom is 0.340 e. The van der Waals surface area contributed by atoms with Gasteiger partial charge in [0.1, 0.15) is 11.5 Å². The molecule has 0 saturated heterocycles. The molecular weight excluding hydrogens is 516 g/mol. The average Bonchev–Trinajstić information content (AvgIpc) is 3.20. The number of nitrogens with one attached hydrogen (secondary N) is 1. The van der Waals surface area contributed by atoms with E-state index in [1.54, 1.807) is 0 Å². The van der Waals surface area contributed by atoms with Gasteiger partial charge >= 0.3 is 5.97 Å². The van der Waals surface area contributed by atoms with E-state index in [-0.39, 0.29) is 5.97 Å². The maximum atomic E-state index is 13.0. The number of para-hydroxylation sites is 2. The van der Waals surface area contributed by atoms with E-state index in [0.717, 1.165) is 52.2 Å². The molecule has 4 aromatic rings. The third-order valence-corrected chi connectivity index (χ3v) is 7.61. The van der Waals surface area contributed by atoms with Crippen LogP contribution in [0.15, 0.2) is 95.5 Å². The molecule has 0 aromatic heterocycles. The highest BCUT2D eigenvalue weighted by Gasteiger charge is 2.53. The predicted octanol–water partition coefficient (Wildman–Crippen LogP) is 6.96. The van der Waals surface area contributed by atoms with Crippen molar-refractivity contribution in [3.63, 3.8) is 0 Å². The summed E-state index contributed by atoms with van der Waals surface area (Å²) < 4.78 is 13.7. The van der Waals surface area contributed by atoms with E-state index >= 15 is 0 Å². The summed E-state index contributed by atoms with van der Waals surface area (Å²) in [4.78, 5) is 15.3. The van der Waals surface area contributed by atoms with Gasteiger partial charge < -0.3 is 19.7 Å². The topological polar surface area (TPSA) is 50.8 Å². The zero-order valence-electron chi connectivity index (χ0n) is 19.8. The van der Waals surface area contributed by atoms with Crippen LogP contribution in [0.4, 0.5) is 11.4 Å². The summed E-state index contributed by atoms with van der Waals surface area (Å²) in [6.07, 6.45) is 0. The lowest BCUT2D eigenvalue weighted by Gasteiger charge is -2.37. The Hall–Kier alpha value is -3.77. The molecule has 1 unspecified atom stereocenters. The van der Waals surface area contributed by atoms with E-state index in [2.05, 4.69) is 51.3 Å². The number of anilines is 2. The number of carbonyl (C=O) groups excluding carboxylic acids is 1. The van der Waals surface area contributed by atoms with Crippen LogP contribution in [-0.2, 0) is 10.3 Å². The van der Waals surface area contributed by atoms with Gasteiger partial charge in [-0.3, -0.25) is 0 Å². The van der Waals surface area contributed by atoms with Crippen LogP contribution in [-0.4, -0.2) is 25.6 Å². The Bertz CT molecular complexity index is 1470. The standard InChI is InChI=1S/C30H25BrN2O3/c1-2-33(18-17-32-26-13-7-6-12-25(26)31)20-15-16-24-28(19-20)35-27-14-8-5-11-23(27)30(24)22-10-4-3-9-21(22)29(34)36-30/h3-16,19,32H,2,17-18H2,1H3. The molecule has 36 heavy (non-hydrogen) atoms. The zero-order valence-corrected chi connectivity index (χ0v) is 21.4. The fourth-order valence-corrected chi connectivity index (χ4v) is 5.64. The summed E-state index contributed by atoms with van der Waals surface area (Å²) in [7, 11) is 0. The lowest BCUT2D eigenvalue weighted by atomic mass is 9.77. The van der Waals surface area contributed by atoms with Crippen molar-refractivity contribution in [1.82, 2.24) is 0 Å². The van der Waals surface area contributed by atoms with E-state index in [1.807, 2.05) is 72.8 Å². The number of nitrogens with zero attached hydrogens (tertiary/aromatic N) is 1. The van der Waals surface area contributed by atoms with E-state index in [1.165, 1.54) is 0 Å². The molecule has 0 amide bonds. The van der Waals surface area contributed by atoms with Crippen LogP contribution in [0.25, 0.3) is 0 Å². The molecule has 1 N–H and O–H groups in total. The second-order valence-electron chi connectivity index (χ2n) is 8.88. The van der Waals surface area contributed by atoms with Gasteiger partial charge in [-0.2, -0.15) is 0 Å². The first kappa shape index (κ1) is 22.7. The molecule has 0 fully saturated rings. The Morgan fingerprint density at radius 3 is 2.42 bits per heavy atom. The monoisotopic (exact) mass is 540 g/mol. The molecule has 1 atom stereocenters. The summed E-state index contributed by atoms with van der Waals surface area (Å²) in [6, 6.07) is 29.7. The predicted molar refractivity (Wildman–Crippen MR) is 145 cm³/mol. The number of likely N-dealkylation sites (N-methyl/N-ethyl adjacent to an activating group) is 1. The molecule has 2 aliphatic rings. The molecule has 180 valence electrons. The van der Waals surface area contributed by atoms with Gasteiger partial charge in [-0.1, -0.05) is 48.5 Å². The molecule has 1 spiro atoms. The molecule has 5 nitrogen and oxygen atoms in total. The van der Waals surface area contributed by atoms with Crippen molar-refractivity contribution < 1.29 is 14.3 Å². The normalized spacial score (nSPS) is 17.0. The minimum absolute atomic E-state index is 0.314. The van der Waals surface area contributed by atoms with Crippen molar-refractivity contribution in [3.8, 4) is 11.5 Å². The highest BCUT2D eigenvalue weighted by molar-refractivity contribution is 9.10. The van der Waals surface area contributed by atoms with Crippen molar-refractivity contribution >= 4 is 33.3 Å². The molecule has 0 aliphatic carbocycles. The minimum atomic E-state index is -1.02. The zero-order chi connectivity index (χ0) is 24.7. The minimum Gasteiger partial charge on any atom is -0.456 e. The Labute approximate surface area is 218 Å². The third kappa shape index (κ3) is 3.56. The van der Waals surface area contributed by atoms with Crippen LogP contribution in [0.5, 0.6) is 11.5 Å². The molecule has 0 saturated carbocycles. The fourth-order valence-electron chi connectivity index (χ4n) is 5.21. The van der Waals surface area contributed by atoms with Crippen molar-refractivity contribution in [2.75, 3.05) is 29.9 Å². The van der Waals surface area contributed by atoms with Gasteiger partial charge in [-0.05, 0) is 59.3 Å². The average molecular weight is 541 g/mol. The molecule has 2 aliphatic heterocycles. The van der Waals surface area contributed by atoms with Gasteiger partial charge in [0.05, 0.1) is 5.56 Å². The largest absolute Gasteiger partial charge is 0.456 e. The number of hydrogen-bond acceptors (Lipinski definition) is 5. The summed E-state index contributed by atoms with van der Waals surface area (Å²) in [5, 5.41) is 3.50. The molecule has 0 bridgehead atoms. The van der Waals surface area contributed by atoms with Gasteiger partial charge in [-0.25, -0.2) is 4.79 Å². The van der Waals surface area contributed by atoms with Gasteiger partial charge in [0.25, 0.3) is 0 Å². The Morgan fingerprint density at radius 1 is 0.861 bits per heavy atom. The molecule has 6 heteroatoms. The first-order chi connectivity index (χ1) is 17.6. The number of esters is 1. The highest BCUT2D eigenvalue weighted by atomic mass is 79.9. The van der Waals surface area contributed by atoms with Crippen LogP contribution in [0, 0.1) is 0 Å². The Morgan fingerprint density at radius 2 is 1.58 bits per heavy atom. The quantitative estimate of drug-likeness (QED) is 0.268. The highest BCUT2D eigenvalue weighted by Crippen LogP contribution is 2.56. The fraction of sp³-hybridized carbons (Fsp3) is 0.167. The van der Waals surface area contributed by atoms with Crippen molar-refractivity contribution in [1.29, 1.82) is 0 Å². The molecule has 0 radical (unpaired) electrons. The SMILES string of the molecule is CCN(CCNc1ccccc1Br)c1ccc2c(c1)Oc1ccccc1C21OC(=O)c2ccccc21. The number of rotatable bonds is 6. The van der Waals surface area contributed by atoms with Gasteiger partial charge in [0, 0.05) is 58.2 Å². The smallest absolute Gasteiger partial charge is 0.340 e. The van der Waals surface area contributed by atoms with Crippen LogP contribution in [0.2, 0.25) is 0 Å². The lowest BCUT2D eigenvalue weighted by Crippen LogP contribution is -2.33. The van der Waals surface area contributed by atoms with Crippen molar-refractivity contribution in [2.24, 2.45) is 0 Å². The lowest BCUT2D eigenvalue weighted by molar-refractivity contribution is 0.0224. The van der Waals surface area contributed by atoms with E-state index in [4.69, 9.17) is 9.47 Å². The number of hydrogen-bond donors (Lipinski definition) is 1. The van der Waals surface area contributed by atoms with Crippen LogP contribution < -0.4 is 15.0 Å². The van der Waals surface area contributed by atoms with Crippen molar-refractivity contribution in [2.45, 2.75) is 12.5 Å². The summed E-state index contributed by atoms with van der Waals surface area (Å²) in [6.45, 7) is 4.59. The van der Waals surface area contributed by atoms with E-state index < -0.39 is 5.60 Å². The molecular formula is C30H25BrN2O3. The Balaban J connectivity index is 1.36. The maximum absolute atomic E-state index is 13.0. The number of carbonyl (C=O) groups is 1. The molecule has 4 aromatic carbocycles. The molecule has 6 rings (SSSR count). The summed E-state index contributed by atoms with van der Waals surface area (Å²) in [5.41, 5.74) is 4.23. The second-order valence-corrected chi connectivity index (χ2v) is 9.74. The van der Waals surface area contributed by atoms with Crippen molar-refractivity contribution in [3.05, 3.63) is 118 Å². The summed E-state index contributed by atoms with van der Waals surface area (Å²) in [5.74, 6) is 1.09. The second kappa shape index (κ2) is 9.03. The first-order valence-corrected chi connectivity index (χ1v) is 12.9. The van der Waals surface area contributed by atoms with Gasteiger partial charge in [0.15, 0.2) is 5.60 Å². The number of benzene rings is 4. The van der Waals surface area contributed by atoms with Gasteiger partial charge in [0.2, 0.25) is 0 Å².